The Hall–Kier alpha value is -3.16. The second-order valence-electron chi connectivity index (χ2n) is 5.74. The van der Waals surface area contributed by atoms with Crippen molar-refractivity contribution in [2.45, 2.75) is 13.0 Å². The highest BCUT2D eigenvalue weighted by Crippen LogP contribution is 2.34. The molecule has 2 aromatic rings. The van der Waals surface area contributed by atoms with Crippen LogP contribution >= 0.6 is 0 Å². The zero-order chi connectivity index (χ0) is 18.7. The molecule has 136 valence electrons. The third-order valence-corrected chi connectivity index (χ3v) is 3.81. The maximum atomic E-state index is 13.1. The number of benzene rings is 2. The van der Waals surface area contributed by atoms with Crippen molar-refractivity contribution in [2.24, 2.45) is 0 Å². The topological polar surface area (TPSA) is 76.7 Å². The van der Waals surface area contributed by atoms with Gasteiger partial charge >= 0.3 is 0 Å². The van der Waals surface area contributed by atoms with Crippen molar-refractivity contribution in [1.29, 1.82) is 0 Å². The average Bonchev–Trinajstić information content (AvgIpc) is 3.06. The highest BCUT2D eigenvalue weighted by molar-refractivity contribution is 5.96. The largest absolute Gasteiger partial charge is 0.454 e. The third kappa shape index (κ3) is 4.08. The highest BCUT2D eigenvalue weighted by Gasteiger charge is 2.17. The molecule has 0 radical (unpaired) electrons. The number of rotatable bonds is 5. The fourth-order valence-corrected chi connectivity index (χ4v) is 2.51. The first-order valence-corrected chi connectivity index (χ1v) is 7.85. The number of hydrogen-bond acceptors (Lipinski definition) is 4. The van der Waals surface area contributed by atoms with Crippen molar-refractivity contribution < 1.29 is 27.8 Å². The lowest BCUT2D eigenvalue weighted by Gasteiger charge is -2.15. The van der Waals surface area contributed by atoms with Crippen molar-refractivity contribution in [3.8, 4) is 11.5 Å². The number of carbonyl (C=O) groups excluding carboxylic acids is 2. The van der Waals surface area contributed by atoms with E-state index in [9.17, 15) is 18.4 Å². The summed E-state index contributed by atoms with van der Waals surface area (Å²) in [7, 11) is 0. The van der Waals surface area contributed by atoms with E-state index in [1.807, 2.05) is 0 Å². The molecule has 6 nitrogen and oxygen atoms in total. The predicted molar refractivity (Wildman–Crippen MR) is 87.8 cm³/mol. The van der Waals surface area contributed by atoms with Crippen LogP contribution in [0.3, 0.4) is 0 Å². The van der Waals surface area contributed by atoms with Crippen molar-refractivity contribution in [1.82, 2.24) is 10.6 Å². The maximum Gasteiger partial charge on any atom is 0.251 e. The summed E-state index contributed by atoms with van der Waals surface area (Å²) >= 11 is 0. The minimum absolute atomic E-state index is 0.159. The molecule has 0 bridgehead atoms. The molecule has 2 amide bonds. The van der Waals surface area contributed by atoms with Crippen LogP contribution < -0.4 is 20.1 Å². The van der Waals surface area contributed by atoms with Crippen LogP contribution in [0.4, 0.5) is 8.78 Å². The first-order chi connectivity index (χ1) is 12.4. The number of nitrogens with one attached hydrogen (secondary N) is 2. The standard InChI is InChI=1S/C18H16F2N2O4/c1-10(11-2-3-15-16(6-11)26-9-25-15)22-17(23)8-21-18(24)12-4-13(19)7-14(20)5-12/h2-7,10H,8-9H2,1H3,(H,21,24)(H,22,23). The van der Waals surface area contributed by atoms with Gasteiger partial charge in [-0.2, -0.15) is 0 Å². The number of hydrogen-bond donors (Lipinski definition) is 2. The summed E-state index contributed by atoms with van der Waals surface area (Å²) in [5.74, 6) is -1.67. The van der Waals surface area contributed by atoms with E-state index in [2.05, 4.69) is 10.6 Å². The van der Waals surface area contributed by atoms with E-state index < -0.39 is 23.4 Å². The molecular weight excluding hydrogens is 346 g/mol. The summed E-state index contributed by atoms with van der Waals surface area (Å²) in [6, 6.07) is 7.43. The van der Waals surface area contributed by atoms with Gasteiger partial charge in [0.1, 0.15) is 11.6 Å². The number of amides is 2. The second kappa shape index (κ2) is 7.38. The first-order valence-electron chi connectivity index (χ1n) is 7.85. The molecule has 1 atom stereocenters. The zero-order valence-electron chi connectivity index (χ0n) is 13.8. The molecule has 0 fully saturated rings. The Morgan fingerprint density at radius 3 is 2.50 bits per heavy atom. The van der Waals surface area contributed by atoms with Crippen LogP contribution in [-0.4, -0.2) is 25.2 Å². The molecule has 2 aromatic carbocycles. The Kier molecular flexibility index (Phi) is 5.01. The van der Waals surface area contributed by atoms with E-state index in [1.54, 1.807) is 25.1 Å². The lowest BCUT2D eigenvalue weighted by Crippen LogP contribution is -2.38. The molecule has 1 unspecified atom stereocenters. The van der Waals surface area contributed by atoms with Crippen molar-refractivity contribution in [2.75, 3.05) is 13.3 Å². The van der Waals surface area contributed by atoms with Gasteiger partial charge in [-0.1, -0.05) is 6.07 Å². The molecule has 0 aromatic heterocycles. The summed E-state index contributed by atoms with van der Waals surface area (Å²) in [6.07, 6.45) is 0. The molecule has 0 spiro atoms. The highest BCUT2D eigenvalue weighted by atomic mass is 19.1. The summed E-state index contributed by atoms with van der Waals surface area (Å²) < 4.78 is 36.8. The molecule has 26 heavy (non-hydrogen) atoms. The fourth-order valence-electron chi connectivity index (χ4n) is 2.51. The SMILES string of the molecule is CC(NC(=O)CNC(=O)c1cc(F)cc(F)c1)c1ccc2c(c1)OCO2. The molecular formula is C18H16F2N2O4. The zero-order valence-corrected chi connectivity index (χ0v) is 13.8. The first kappa shape index (κ1) is 17.7. The molecule has 0 saturated heterocycles. The molecule has 3 rings (SSSR count). The van der Waals surface area contributed by atoms with Crippen LogP contribution in [0.2, 0.25) is 0 Å². The summed E-state index contributed by atoms with van der Waals surface area (Å²) in [5.41, 5.74) is 0.611. The quantitative estimate of drug-likeness (QED) is 0.856. The Labute approximate surface area is 148 Å². The van der Waals surface area contributed by atoms with Crippen LogP contribution in [0.5, 0.6) is 11.5 Å². The van der Waals surface area contributed by atoms with E-state index in [1.165, 1.54) is 0 Å². The van der Waals surface area contributed by atoms with E-state index in [0.717, 1.165) is 17.7 Å². The van der Waals surface area contributed by atoms with Crippen LogP contribution in [0.25, 0.3) is 0 Å². The monoisotopic (exact) mass is 362 g/mol. The number of carbonyl (C=O) groups is 2. The van der Waals surface area contributed by atoms with Crippen LogP contribution in [0.15, 0.2) is 36.4 Å². The van der Waals surface area contributed by atoms with Gasteiger partial charge in [0.05, 0.1) is 12.6 Å². The maximum absolute atomic E-state index is 13.1. The smallest absolute Gasteiger partial charge is 0.251 e. The van der Waals surface area contributed by atoms with Gasteiger partial charge in [0.15, 0.2) is 11.5 Å². The Bertz CT molecular complexity index is 837. The van der Waals surface area contributed by atoms with Gasteiger partial charge in [0, 0.05) is 11.6 Å². The van der Waals surface area contributed by atoms with E-state index in [4.69, 9.17) is 9.47 Å². The Morgan fingerprint density at radius 2 is 1.77 bits per heavy atom. The van der Waals surface area contributed by atoms with Gasteiger partial charge in [-0.3, -0.25) is 9.59 Å². The van der Waals surface area contributed by atoms with Crippen molar-refractivity contribution >= 4 is 11.8 Å². The average molecular weight is 362 g/mol. The van der Waals surface area contributed by atoms with E-state index >= 15 is 0 Å². The lowest BCUT2D eigenvalue weighted by atomic mass is 10.1. The van der Waals surface area contributed by atoms with Gasteiger partial charge < -0.3 is 20.1 Å². The Morgan fingerprint density at radius 1 is 1.08 bits per heavy atom. The number of halogens is 2. The van der Waals surface area contributed by atoms with Crippen LogP contribution in [0.1, 0.15) is 28.9 Å². The third-order valence-electron chi connectivity index (χ3n) is 3.81. The van der Waals surface area contributed by atoms with Crippen LogP contribution in [-0.2, 0) is 4.79 Å². The molecule has 0 aliphatic carbocycles. The van der Waals surface area contributed by atoms with Gasteiger partial charge in [-0.15, -0.1) is 0 Å². The second-order valence-corrected chi connectivity index (χ2v) is 5.74. The van der Waals surface area contributed by atoms with Crippen molar-refractivity contribution in [3.63, 3.8) is 0 Å². The molecule has 1 heterocycles. The van der Waals surface area contributed by atoms with Crippen molar-refractivity contribution in [3.05, 3.63) is 59.2 Å². The minimum Gasteiger partial charge on any atom is -0.454 e. The summed E-state index contributed by atoms with van der Waals surface area (Å²) in [6.45, 7) is 1.61. The fraction of sp³-hybridized carbons (Fsp3) is 0.222. The summed E-state index contributed by atoms with van der Waals surface area (Å²) in [4.78, 5) is 23.9. The number of fused-ring (bicyclic) bond motifs is 1. The molecule has 8 heteroatoms. The predicted octanol–water partition coefficient (Wildman–Crippen LogP) is 2.30. The molecule has 0 saturated carbocycles. The van der Waals surface area contributed by atoms with Gasteiger partial charge in [0.25, 0.3) is 5.91 Å². The van der Waals surface area contributed by atoms with Gasteiger partial charge in [-0.25, -0.2) is 8.78 Å². The summed E-state index contributed by atoms with van der Waals surface area (Å²) in [5, 5.41) is 5.04. The number of ether oxygens (including phenoxy) is 2. The van der Waals surface area contributed by atoms with Gasteiger partial charge in [0.2, 0.25) is 12.7 Å². The van der Waals surface area contributed by atoms with Crippen LogP contribution in [0, 0.1) is 11.6 Å². The normalized spacial score (nSPS) is 13.2. The molecule has 1 aliphatic heterocycles. The van der Waals surface area contributed by atoms with E-state index in [0.29, 0.717) is 17.6 Å². The van der Waals surface area contributed by atoms with Gasteiger partial charge in [-0.05, 0) is 36.8 Å². The Balaban J connectivity index is 1.54. The molecule has 2 N–H and O–H groups in total. The lowest BCUT2D eigenvalue weighted by molar-refractivity contribution is -0.120. The minimum atomic E-state index is -0.865. The van der Waals surface area contributed by atoms with E-state index in [-0.39, 0.29) is 24.9 Å². The molecule has 1 aliphatic rings.